The van der Waals surface area contributed by atoms with Crippen molar-refractivity contribution in [1.29, 1.82) is 0 Å². The second-order valence-corrected chi connectivity index (χ2v) is 9.37. The first-order chi connectivity index (χ1) is 15.4. The normalized spacial score (nSPS) is 10.8. The maximum atomic E-state index is 6.87. The molecular formula is C25H14Cl5NS. The maximum Gasteiger partial charge on any atom is 0.179 e. The highest BCUT2D eigenvalue weighted by molar-refractivity contribution is 7.83. The zero-order chi connectivity index (χ0) is 22.8. The molecule has 0 spiro atoms. The predicted octanol–water partition coefficient (Wildman–Crippen LogP) is 10.3. The van der Waals surface area contributed by atoms with Gasteiger partial charge in [-0.2, -0.15) is 0 Å². The predicted molar refractivity (Wildman–Crippen MR) is 144 cm³/mol. The van der Waals surface area contributed by atoms with Gasteiger partial charge in [-0.05, 0) is 35.5 Å². The summed E-state index contributed by atoms with van der Waals surface area (Å²) in [7, 11) is 0. The number of rotatable bonds is 4. The lowest BCUT2D eigenvalue weighted by Gasteiger charge is -2.28. The van der Waals surface area contributed by atoms with Crippen molar-refractivity contribution in [2.75, 3.05) is 4.90 Å². The molecule has 0 aliphatic carbocycles. The highest BCUT2D eigenvalue weighted by Crippen LogP contribution is 2.49. The van der Waals surface area contributed by atoms with Crippen LogP contribution in [0.4, 0.5) is 11.4 Å². The van der Waals surface area contributed by atoms with Crippen molar-refractivity contribution in [2.45, 2.75) is 0 Å². The molecular weight excluding hydrogens is 524 g/mol. The first-order valence-corrected chi connectivity index (χ1v) is 11.8. The maximum absolute atomic E-state index is 6.87. The molecule has 160 valence electrons. The molecule has 4 aromatic carbocycles. The number of hydrogen-bond acceptors (Lipinski definition) is 1. The van der Waals surface area contributed by atoms with Crippen LogP contribution < -0.4 is 4.90 Å². The fourth-order valence-electron chi connectivity index (χ4n) is 3.46. The van der Waals surface area contributed by atoms with Gasteiger partial charge in [0.15, 0.2) is 4.45 Å². The lowest BCUT2D eigenvalue weighted by Crippen LogP contribution is -2.21. The molecule has 0 aromatic heterocycles. The second kappa shape index (κ2) is 10.0. The van der Waals surface area contributed by atoms with E-state index in [1.807, 2.05) is 72.8 Å². The van der Waals surface area contributed by atoms with E-state index >= 15 is 0 Å². The molecule has 4 aromatic rings. The molecule has 7 heteroatoms. The van der Waals surface area contributed by atoms with Crippen LogP contribution in [0.2, 0.25) is 20.1 Å². The molecule has 1 nitrogen and oxygen atoms in total. The molecule has 0 aliphatic heterocycles. The molecule has 0 saturated carbocycles. The van der Waals surface area contributed by atoms with Crippen molar-refractivity contribution in [2.24, 2.45) is 0 Å². The summed E-state index contributed by atoms with van der Waals surface area (Å²) in [4.78, 5) is 1.52. The number of hydrogen-bond donors (Lipinski definition) is 0. The van der Waals surface area contributed by atoms with Gasteiger partial charge in [0.25, 0.3) is 0 Å². The molecule has 32 heavy (non-hydrogen) atoms. The summed E-state index contributed by atoms with van der Waals surface area (Å²) in [6.45, 7) is 0. The lowest BCUT2D eigenvalue weighted by atomic mass is 10.0. The van der Waals surface area contributed by atoms with Crippen LogP contribution >= 0.6 is 70.2 Å². The highest BCUT2D eigenvalue weighted by atomic mass is 35.5. The van der Waals surface area contributed by atoms with E-state index in [9.17, 15) is 0 Å². The Morgan fingerprint density at radius 3 is 1.28 bits per heavy atom. The number of halogens is 5. The van der Waals surface area contributed by atoms with Gasteiger partial charge in [-0.15, -0.1) is 0 Å². The molecule has 0 heterocycles. The molecule has 0 amide bonds. The van der Waals surface area contributed by atoms with E-state index in [0.717, 1.165) is 22.3 Å². The monoisotopic (exact) mass is 535 g/mol. The topological polar surface area (TPSA) is 3.24 Å². The van der Waals surface area contributed by atoms with E-state index < -0.39 is 0 Å². The lowest BCUT2D eigenvalue weighted by molar-refractivity contribution is 1.38. The van der Waals surface area contributed by atoms with Crippen molar-refractivity contribution >= 4 is 86.0 Å². The zero-order valence-electron chi connectivity index (χ0n) is 16.3. The summed E-state index contributed by atoms with van der Waals surface area (Å²) in [5.74, 6) is 0. The molecule has 0 atom stereocenters. The number of anilines is 2. The molecule has 0 aliphatic rings. The first kappa shape index (κ1) is 23.4. The fraction of sp³-hybridized carbons (Fsp3) is 0. The average molecular weight is 538 g/mol. The third-order valence-corrected chi connectivity index (χ3v) is 6.65. The number of thiocarbonyl (C=S) groups is 1. The van der Waals surface area contributed by atoms with Crippen LogP contribution in [0.5, 0.6) is 0 Å². The summed E-state index contributed by atoms with van der Waals surface area (Å²) in [6, 6.07) is 26.6. The summed E-state index contributed by atoms with van der Waals surface area (Å²) in [5, 5.41) is 1.47. The van der Waals surface area contributed by atoms with Gasteiger partial charge < -0.3 is 0 Å². The van der Waals surface area contributed by atoms with Gasteiger partial charge in [0.05, 0.1) is 31.5 Å². The average Bonchev–Trinajstić information content (AvgIpc) is 2.79. The van der Waals surface area contributed by atoms with Crippen LogP contribution in [0.1, 0.15) is 0 Å². The Hall–Kier alpha value is -1.78. The van der Waals surface area contributed by atoms with Gasteiger partial charge in [0.1, 0.15) is 0 Å². The Morgan fingerprint density at radius 1 is 0.562 bits per heavy atom. The second-order valence-electron chi connectivity index (χ2n) is 6.84. The summed E-state index contributed by atoms with van der Waals surface area (Å²) in [6.07, 6.45) is 0. The van der Waals surface area contributed by atoms with Crippen LogP contribution in [-0.2, 0) is 0 Å². The first-order valence-electron chi connectivity index (χ1n) is 9.46. The van der Waals surface area contributed by atoms with Crippen LogP contribution in [0.15, 0.2) is 84.9 Å². The Labute approximate surface area is 217 Å². The molecule has 0 radical (unpaired) electrons. The van der Waals surface area contributed by atoms with Crippen molar-refractivity contribution in [1.82, 2.24) is 0 Å². The van der Waals surface area contributed by atoms with E-state index in [0.29, 0.717) is 31.5 Å². The van der Waals surface area contributed by atoms with E-state index in [2.05, 4.69) is 0 Å². The Morgan fingerprint density at radius 2 is 0.938 bits per heavy atom. The van der Waals surface area contributed by atoms with Gasteiger partial charge in [-0.25, -0.2) is 0 Å². The van der Waals surface area contributed by atoms with Gasteiger partial charge in [0.2, 0.25) is 0 Å². The minimum atomic E-state index is -0.0203. The van der Waals surface area contributed by atoms with E-state index in [1.165, 1.54) is 4.90 Å². The van der Waals surface area contributed by atoms with Crippen molar-refractivity contribution in [3.63, 3.8) is 0 Å². The van der Waals surface area contributed by atoms with Crippen LogP contribution in [0.25, 0.3) is 22.3 Å². The van der Waals surface area contributed by atoms with Crippen molar-refractivity contribution in [3.05, 3.63) is 105 Å². The van der Waals surface area contributed by atoms with E-state index in [1.54, 1.807) is 12.1 Å². The highest BCUT2D eigenvalue weighted by Gasteiger charge is 2.27. The minimum Gasteiger partial charge on any atom is -0.286 e. The Balaban J connectivity index is 1.97. The van der Waals surface area contributed by atoms with Crippen LogP contribution in [0, 0.1) is 0 Å². The summed E-state index contributed by atoms with van der Waals surface area (Å²) >= 11 is 38.8. The third kappa shape index (κ3) is 4.49. The van der Waals surface area contributed by atoms with Gasteiger partial charge in [-0.3, -0.25) is 4.90 Å². The Kier molecular flexibility index (Phi) is 7.31. The standard InChI is InChI=1S/C25H14Cl5NS/c26-19-13-11-17(15-7-3-1-4-8-15)21(28)23(19)31(25(30)32)24-20(27)14-12-18(22(24)29)16-9-5-2-6-10-16/h1-14H. The molecule has 0 fully saturated rings. The van der Waals surface area contributed by atoms with Gasteiger partial charge in [0, 0.05) is 11.1 Å². The number of benzene rings is 4. The number of nitrogens with zero attached hydrogens (tertiary/aromatic N) is 1. The summed E-state index contributed by atoms with van der Waals surface area (Å²) < 4.78 is -0.0203. The zero-order valence-corrected chi connectivity index (χ0v) is 20.9. The van der Waals surface area contributed by atoms with Crippen molar-refractivity contribution < 1.29 is 0 Å². The molecule has 0 bridgehead atoms. The molecule has 0 unspecified atom stereocenters. The quantitative estimate of drug-likeness (QED) is 0.145. The van der Waals surface area contributed by atoms with Gasteiger partial charge in [-0.1, -0.05) is 131 Å². The SMILES string of the molecule is S=C(Cl)N(c1c(Cl)ccc(-c2ccccc2)c1Cl)c1c(Cl)ccc(-c2ccccc2)c1Cl. The van der Waals surface area contributed by atoms with Gasteiger partial charge >= 0.3 is 0 Å². The Bertz CT molecular complexity index is 1200. The molecule has 0 N–H and O–H groups in total. The third-order valence-electron chi connectivity index (χ3n) is 4.93. The summed E-state index contributed by atoms with van der Waals surface area (Å²) in [5.41, 5.74) is 4.21. The van der Waals surface area contributed by atoms with Crippen LogP contribution in [-0.4, -0.2) is 4.45 Å². The molecule has 0 saturated heterocycles. The largest absolute Gasteiger partial charge is 0.286 e. The fourth-order valence-corrected chi connectivity index (χ4v) is 5.11. The van der Waals surface area contributed by atoms with Crippen LogP contribution in [0.3, 0.4) is 0 Å². The van der Waals surface area contributed by atoms with E-state index in [-0.39, 0.29) is 4.45 Å². The van der Waals surface area contributed by atoms with Crippen molar-refractivity contribution in [3.8, 4) is 22.3 Å². The van der Waals surface area contributed by atoms with E-state index in [4.69, 9.17) is 70.2 Å². The minimum absolute atomic E-state index is 0.0203. The molecule has 4 rings (SSSR count). The smallest absolute Gasteiger partial charge is 0.179 e.